The Balaban J connectivity index is 3.79. The van der Waals surface area contributed by atoms with E-state index in [-0.39, 0.29) is 4.92 Å². The smallest absolute Gasteiger partial charge is 0.213 e. The summed E-state index contributed by atoms with van der Waals surface area (Å²) < 4.78 is 0. The molecule has 0 saturated carbocycles. The first kappa shape index (κ1) is 11.9. The zero-order valence-corrected chi connectivity index (χ0v) is 8.56. The maximum atomic E-state index is 10.3. The molecule has 0 aromatic heterocycles. The number of rotatable bonds is 6. The van der Waals surface area contributed by atoms with Gasteiger partial charge in [-0.1, -0.05) is 6.08 Å². The minimum absolute atomic E-state index is 0.257. The molecule has 1 atom stereocenters. The van der Waals surface area contributed by atoms with E-state index in [4.69, 9.17) is 0 Å². The van der Waals surface area contributed by atoms with Gasteiger partial charge in [0.1, 0.15) is 0 Å². The van der Waals surface area contributed by atoms with E-state index < -0.39 is 6.04 Å². The van der Waals surface area contributed by atoms with Gasteiger partial charge in [-0.3, -0.25) is 10.1 Å². The van der Waals surface area contributed by atoms with Crippen LogP contribution in [0.5, 0.6) is 0 Å². The maximum absolute atomic E-state index is 10.3. The molecule has 0 rings (SSSR count). The summed E-state index contributed by atoms with van der Waals surface area (Å²) in [5.41, 5.74) is 0. The molecular weight excluding hydrogens is 168 g/mol. The minimum Gasteiger partial charge on any atom is -0.378 e. The van der Waals surface area contributed by atoms with Crippen LogP contribution in [-0.2, 0) is 0 Å². The summed E-state index contributed by atoms with van der Waals surface area (Å²) in [6.07, 6.45) is 4.30. The summed E-state index contributed by atoms with van der Waals surface area (Å²) in [5.74, 6) is 0. The van der Waals surface area contributed by atoms with Crippen molar-refractivity contribution in [3.05, 3.63) is 22.4 Å². The average Bonchev–Trinajstić information content (AvgIpc) is 2.12. The third-order valence-corrected chi connectivity index (χ3v) is 1.97. The molecule has 0 radical (unpaired) electrons. The highest BCUT2D eigenvalue weighted by atomic mass is 16.6. The van der Waals surface area contributed by atoms with Crippen LogP contribution >= 0.6 is 0 Å². The first-order valence-electron chi connectivity index (χ1n) is 4.66. The van der Waals surface area contributed by atoms with Gasteiger partial charge in [-0.15, -0.1) is 0 Å². The van der Waals surface area contributed by atoms with Gasteiger partial charge in [-0.2, -0.15) is 0 Å². The van der Waals surface area contributed by atoms with Crippen molar-refractivity contribution < 1.29 is 4.92 Å². The van der Waals surface area contributed by atoms with Gasteiger partial charge in [-0.25, -0.2) is 0 Å². The van der Waals surface area contributed by atoms with Crippen molar-refractivity contribution in [3.8, 4) is 0 Å². The molecule has 0 bridgehead atoms. The maximum Gasteiger partial charge on any atom is 0.213 e. The highest BCUT2D eigenvalue weighted by Crippen LogP contribution is 1.98. The minimum atomic E-state index is -0.480. The Hall–Kier alpha value is -1.06. The summed E-state index contributed by atoms with van der Waals surface area (Å²) in [4.78, 5) is 12.1. The first-order valence-corrected chi connectivity index (χ1v) is 4.66. The highest BCUT2D eigenvalue weighted by Gasteiger charge is 2.08. The van der Waals surface area contributed by atoms with E-state index in [1.807, 2.05) is 12.3 Å². The van der Waals surface area contributed by atoms with Crippen molar-refractivity contribution in [2.24, 2.45) is 0 Å². The normalized spacial score (nSPS) is 13.2. The Morgan fingerprint density at radius 1 is 1.46 bits per heavy atom. The Morgan fingerprint density at radius 2 is 2.00 bits per heavy atom. The second-order valence-electron chi connectivity index (χ2n) is 2.98. The molecule has 0 heterocycles. The Labute approximate surface area is 79.4 Å². The molecule has 1 unspecified atom stereocenters. The van der Waals surface area contributed by atoms with Crippen molar-refractivity contribution >= 4 is 0 Å². The van der Waals surface area contributed by atoms with Gasteiger partial charge in [0, 0.05) is 31.4 Å². The van der Waals surface area contributed by atoms with Crippen molar-refractivity contribution in [1.29, 1.82) is 0 Å². The van der Waals surface area contributed by atoms with Crippen LogP contribution in [0.15, 0.2) is 12.3 Å². The third kappa shape index (κ3) is 5.22. The second kappa shape index (κ2) is 6.46. The number of nitrogens with zero attached hydrogens (tertiary/aromatic N) is 2. The highest BCUT2D eigenvalue weighted by molar-refractivity contribution is 4.83. The molecule has 4 nitrogen and oxygen atoms in total. The summed E-state index contributed by atoms with van der Waals surface area (Å²) >= 11 is 0. The van der Waals surface area contributed by atoms with E-state index in [1.54, 1.807) is 6.92 Å². The predicted molar refractivity (Wildman–Crippen MR) is 53.1 cm³/mol. The molecule has 0 aromatic carbocycles. The lowest BCUT2D eigenvalue weighted by Crippen LogP contribution is -2.17. The van der Waals surface area contributed by atoms with Crippen LogP contribution in [-0.4, -0.2) is 29.0 Å². The standard InChI is InChI=1S/C9H18N2O2/c1-4-10(5-2)8-6-7-9(3)11(12)13/h6,8-9H,4-5,7H2,1-3H3/b8-6+. The van der Waals surface area contributed by atoms with E-state index >= 15 is 0 Å². The van der Waals surface area contributed by atoms with E-state index in [0.717, 1.165) is 13.1 Å². The zero-order chi connectivity index (χ0) is 10.3. The quantitative estimate of drug-likeness (QED) is 0.470. The summed E-state index contributed by atoms with van der Waals surface area (Å²) in [5, 5.41) is 10.3. The lowest BCUT2D eigenvalue weighted by atomic mass is 10.2. The molecule has 13 heavy (non-hydrogen) atoms. The molecule has 0 aliphatic rings. The molecule has 0 spiro atoms. The van der Waals surface area contributed by atoms with E-state index in [2.05, 4.69) is 18.7 Å². The largest absolute Gasteiger partial charge is 0.378 e. The lowest BCUT2D eigenvalue weighted by molar-refractivity contribution is -0.517. The SMILES string of the molecule is CCN(/C=C/CC(C)[N+](=O)[O-])CC. The van der Waals surface area contributed by atoms with Crippen LogP contribution in [0.2, 0.25) is 0 Å². The van der Waals surface area contributed by atoms with Gasteiger partial charge in [0.2, 0.25) is 6.04 Å². The summed E-state index contributed by atoms with van der Waals surface area (Å²) in [7, 11) is 0. The van der Waals surface area contributed by atoms with Gasteiger partial charge in [-0.05, 0) is 20.0 Å². The van der Waals surface area contributed by atoms with Gasteiger partial charge >= 0.3 is 0 Å². The molecular formula is C9H18N2O2. The average molecular weight is 186 g/mol. The first-order chi connectivity index (χ1) is 6.11. The molecule has 0 amide bonds. The monoisotopic (exact) mass is 186 g/mol. The number of hydrogen-bond acceptors (Lipinski definition) is 3. The van der Waals surface area contributed by atoms with Gasteiger partial charge < -0.3 is 4.90 Å². The van der Waals surface area contributed by atoms with Crippen LogP contribution in [0, 0.1) is 10.1 Å². The van der Waals surface area contributed by atoms with Gasteiger partial charge in [0.15, 0.2) is 0 Å². The van der Waals surface area contributed by atoms with E-state index in [9.17, 15) is 10.1 Å². The third-order valence-electron chi connectivity index (χ3n) is 1.97. The van der Waals surface area contributed by atoms with Crippen molar-refractivity contribution in [2.75, 3.05) is 13.1 Å². The van der Waals surface area contributed by atoms with Crippen LogP contribution in [0.1, 0.15) is 27.2 Å². The molecule has 0 N–H and O–H groups in total. The molecule has 0 aliphatic heterocycles. The van der Waals surface area contributed by atoms with Gasteiger partial charge in [0.05, 0.1) is 0 Å². The molecule has 4 heteroatoms. The Bertz CT molecular complexity index is 176. The van der Waals surface area contributed by atoms with Crippen LogP contribution in [0.3, 0.4) is 0 Å². The topological polar surface area (TPSA) is 46.4 Å². The second-order valence-corrected chi connectivity index (χ2v) is 2.98. The van der Waals surface area contributed by atoms with E-state index in [1.165, 1.54) is 0 Å². The lowest BCUT2D eigenvalue weighted by Gasteiger charge is -2.14. The number of nitro groups is 1. The fourth-order valence-electron chi connectivity index (χ4n) is 0.927. The molecule has 0 aliphatic carbocycles. The van der Waals surface area contributed by atoms with Crippen molar-refractivity contribution in [1.82, 2.24) is 4.90 Å². The fraction of sp³-hybridized carbons (Fsp3) is 0.778. The Morgan fingerprint density at radius 3 is 2.38 bits per heavy atom. The fourth-order valence-corrected chi connectivity index (χ4v) is 0.927. The molecule has 0 fully saturated rings. The molecule has 0 saturated heterocycles. The van der Waals surface area contributed by atoms with Crippen molar-refractivity contribution in [2.45, 2.75) is 33.2 Å². The van der Waals surface area contributed by atoms with Crippen LogP contribution in [0.4, 0.5) is 0 Å². The summed E-state index contributed by atoms with van der Waals surface area (Å²) in [6, 6.07) is -0.480. The van der Waals surface area contributed by atoms with E-state index in [0.29, 0.717) is 6.42 Å². The zero-order valence-electron chi connectivity index (χ0n) is 8.56. The molecule has 0 aromatic rings. The number of hydrogen-bond donors (Lipinski definition) is 0. The predicted octanol–water partition coefficient (Wildman–Crippen LogP) is 1.90. The van der Waals surface area contributed by atoms with Crippen LogP contribution in [0.25, 0.3) is 0 Å². The Kier molecular flexibility index (Phi) is 5.93. The van der Waals surface area contributed by atoms with Crippen LogP contribution < -0.4 is 0 Å². The van der Waals surface area contributed by atoms with Gasteiger partial charge in [0.25, 0.3) is 0 Å². The summed E-state index contributed by atoms with van der Waals surface area (Å²) in [6.45, 7) is 7.63. The van der Waals surface area contributed by atoms with Crippen molar-refractivity contribution in [3.63, 3.8) is 0 Å². The molecule has 76 valence electrons.